The summed E-state index contributed by atoms with van der Waals surface area (Å²) < 4.78 is 12.1. The Kier molecular flexibility index (Phi) is 6.66. The van der Waals surface area contributed by atoms with Crippen LogP contribution in [0, 0.1) is 5.92 Å². The normalized spacial score (nSPS) is 33.5. The molecule has 4 unspecified atom stereocenters. The topological polar surface area (TPSA) is 30.5 Å². The minimum Gasteiger partial charge on any atom is -0.377 e. The van der Waals surface area contributed by atoms with E-state index in [4.69, 9.17) is 9.47 Å². The summed E-state index contributed by atoms with van der Waals surface area (Å²) in [5.74, 6) is 3.14. The Labute approximate surface area is 128 Å². The van der Waals surface area contributed by atoms with E-state index in [0.29, 0.717) is 18.1 Å². The molecule has 3 nitrogen and oxygen atoms in total. The molecule has 1 N–H and O–H groups in total. The molecule has 0 aliphatic carbocycles. The molecule has 2 saturated heterocycles. The monoisotopic (exact) mass is 301 g/mol. The number of rotatable bonds is 7. The summed E-state index contributed by atoms with van der Waals surface area (Å²) >= 11 is 2.05. The number of thioether (sulfide) groups is 1. The van der Waals surface area contributed by atoms with E-state index in [9.17, 15) is 0 Å². The molecule has 4 heteroatoms. The van der Waals surface area contributed by atoms with Gasteiger partial charge in [0, 0.05) is 25.0 Å². The molecular weight excluding hydrogens is 270 g/mol. The van der Waals surface area contributed by atoms with E-state index in [0.717, 1.165) is 19.8 Å². The van der Waals surface area contributed by atoms with Crippen LogP contribution < -0.4 is 5.32 Å². The average Bonchev–Trinajstić information content (AvgIpc) is 2.87. The highest BCUT2D eigenvalue weighted by atomic mass is 32.2. The molecule has 2 heterocycles. The molecule has 0 radical (unpaired) electrons. The smallest absolute Gasteiger partial charge is 0.0783 e. The van der Waals surface area contributed by atoms with Crippen LogP contribution in [0.5, 0.6) is 0 Å². The lowest BCUT2D eigenvalue weighted by atomic mass is 9.79. The van der Waals surface area contributed by atoms with Crippen molar-refractivity contribution in [2.45, 2.75) is 64.2 Å². The second-order valence-corrected chi connectivity index (χ2v) is 7.33. The van der Waals surface area contributed by atoms with Crippen molar-refractivity contribution in [2.24, 2.45) is 5.92 Å². The van der Waals surface area contributed by atoms with Crippen molar-refractivity contribution in [1.29, 1.82) is 0 Å². The third-order valence-electron chi connectivity index (χ3n) is 4.67. The molecule has 2 aliphatic rings. The van der Waals surface area contributed by atoms with E-state index in [-0.39, 0.29) is 5.60 Å². The van der Waals surface area contributed by atoms with Crippen molar-refractivity contribution in [3.05, 3.63) is 0 Å². The fourth-order valence-corrected chi connectivity index (χ4v) is 5.01. The van der Waals surface area contributed by atoms with Crippen LogP contribution in [0.1, 0.15) is 46.5 Å². The maximum atomic E-state index is 6.16. The van der Waals surface area contributed by atoms with Gasteiger partial charge in [-0.3, -0.25) is 0 Å². The van der Waals surface area contributed by atoms with Crippen molar-refractivity contribution in [3.8, 4) is 0 Å². The quantitative estimate of drug-likeness (QED) is 0.783. The molecule has 4 atom stereocenters. The van der Waals surface area contributed by atoms with Crippen LogP contribution in [0.3, 0.4) is 0 Å². The molecule has 0 aromatic rings. The Hall–Kier alpha value is 0.230. The van der Waals surface area contributed by atoms with Crippen molar-refractivity contribution < 1.29 is 9.47 Å². The molecule has 0 aromatic carbocycles. The summed E-state index contributed by atoms with van der Waals surface area (Å²) in [5, 5.41) is 3.74. The predicted octanol–water partition coefficient (Wildman–Crippen LogP) is 3.08. The van der Waals surface area contributed by atoms with E-state index in [1.54, 1.807) is 0 Å². The predicted molar refractivity (Wildman–Crippen MR) is 86.5 cm³/mol. The van der Waals surface area contributed by atoms with Crippen molar-refractivity contribution in [2.75, 3.05) is 31.3 Å². The number of ether oxygens (including phenoxy) is 2. The van der Waals surface area contributed by atoms with Gasteiger partial charge in [0.25, 0.3) is 0 Å². The third-order valence-corrected chi connectivity index (χ3v) is 5.89. The van der Waals surface area contributed by atoms with Gasteiger partial charge in [0.05, 0.1) is 11.7 Å². The van der Waals surface area contributed by atoms with E-state index in [1.165, 1.54) is 37.2 Å². The van der Waals surface area contributed by atoms with Gasteiger partial charge in [0.2, 0.25) is 0 Å². The van der Waals surface area contributed by atoms with Gasteiger partial charge in [-0.1, -0.05) is 6.92 Å². The first-order valence-corrected chi connectivity index (χ1v) is 9.43. The Bertz CT molecular complexity index is 282. The SMILES string of the molecule is CCCNC(C1CCOC2(CCSC2)C1)C(C)OCC. The van der Waals surface area contributed by atoms with Crippen LogP contribution in [-0.2, 0) is 9.47 Å². The van der Waals surface area contributed by atoms with E-state index in [1.807, 2.05) is 0 Å². The van der Waals surface area contributed by atoms with Gasteiger partial charge in [0.15, 0.2) is 0 Å². The second-order valence-electron chi connectivity index (χ2n) is 6.23. The maximum Gasteiger partial charge on any atom is 0.0783 e. The van der Waals surface area contributed by atoms with Gasteiger partial charge in [-0.05, 0) is 57.7 Å². The summed E-state index contributed by atoms with van der Waals surface area (Å²) in [7, 11) is 0. The van der Waals surface area contributed by atoms with Crippen LogP contribution in [0.15, 0.2) is 0 Å². The summed E-state index contributed by atoms with van der Waals surface area (Å²) in [4.78, 5) is 0. The molecule has 0 bridgehead atoms. The van der Waals surface area contributed by atoms with E-state index in [2.05, 4.69) is 37.8 Å². The zero-order chi connectivity index (χ0) is 14.4. The molecule has 0 saturated carbocycles. The van der Waals surface area contributed by atoms with Crippen molar-refractivity contribution in [1.82, 2.24) is 5.32 Å². The number of nitrogens with one attached hydrogen (secondary N) is 1. The summed E-state index contributed by atoms with van der Waals surface area (Å²) in [6.07, 6.45) is 5.09. The van der Waals surface area contributed by atoms with Crippen LogP contribution in [-0.4, -0.2) is 49.0 Å². The number of hydrogen-bond acceptors (Lipinski definition) is 4. The highest BCUT2D eigenvalue weighted by Gasteiger charge is 2.43. The summed E-state index contributed by atoms with van der Waals surface area (Å²) in [5.41, 5.74) is 0.172. The van der Waals surface area contributed by atoms with Crippen molar-refractivity contribution >= 4 is 11.8 Å². The Morgan fingerprint density at radius 2 is 2.30 bits per heavy atom. The highest BCUT2D eigenvalue weighted by Crippen LogP contribution is 2.41. The lowest BCUT2D eigenvalue weighted by Crippen LogP contribution is -2.51. The van der Waals surface area contributed by atoms with Crippen LogP contribution >= 0.6 is 11.8 Å². The van der Waals surface area contributed by atoms with Gasteiger partial charge in [0.1, 0.15) is 0 Å². The first kappa shape index (κ1) is 16.6. The van der Waals surface area contributed by atoms with Gasteiger partial charge in [-0.15, -0.1) is 0 Å². The molecule has 2 rings (SSSR count). The van der Waals surface area contributed by atoms with Gasteiger partial charge in [-0.25, -0.2) is 0 Å². The molecule has 118 valence electrons. The molecule has 2 aliphatic heterocycles. The van der Waals surface area contributed by atoms with Gasteiger partial charge in [-0.2, -0.15) is 11.8 Å². The minimum absolute atomic E-state index is 0.172. The van der Waals surface area contributed by atoms with Crippen LogP contribution in [0.25, 0.3) is 0 Å². The first-order valence-electron chi connectivity index (χ1n) is 8.27. The fourth-order valence-electron chi connectivity index (χ4n) is 3.63. The Balaban J connectivity index is 1.99. The van der Waals surface area contributed by atoms with Gasteiger partial charge < -0.3 is 14.8 Å². The fraction of sp³-hybridized carbons (Fsp3) is 1.00. The average molecular weight is 301 g/mol. The second kappa shape index (κ2) is 8.02. The van der Waals surface area contributed by atoms with Crippen molar-refractivity contribution in [3.63, 3.8) is 0 Å². The lowest BCUT2D eigenvalue weighted by Gasteiger charge is -2.42. The standard InChI is InChI=1S/C16H31NO2S/c1-4-8-17-15(13(3)18-5-2)14-6-9-19-16(11-14)7-10-20-12-16/h13-15,17H,4-12H2,1-3H3. The Morgan fingerprint density at radius 1 is 1.45 bits per heavy atom. The largest absolute Gasteiger partial charge is 0.377 e. The molecule has 20 heavy (non-hydrogen) atoms. The first-order chi connectivity index (χ1) is 9.71. The third kappa shape index (κ3) is 4.12. The molecule has 0 aromatic heterocycles. The Morgan fingerprint density at radius 3 is 2.95 bits per heavy atom. The van der Waals surface area contributed by atoms with Gasteiger partial charge >= 0.3 is 0 Å². The zero-order valence-electron chi connectivity index (χ0n) is 13.3. The highest BCUT2D eigenvalue weighted by molar-refractivity contribution is 7.99. The number of hydrogen-bond donors (Lipinski definition) is 1. The minimum atomic E-state index is 0.172. The van der Waals surface area contributed by atoms with E-state index >= 15 is 0 Å². The summed E-state index contributed by atoms with van der Waals surface area (Å²) in [6, 6.07) is 0.473. The lowest BCUT2D eigenvalue weighted by molar-refractivity contribution is -0.0957. The van der Waals surface area contributed by atoms with Crippen LogP contribution in [0.4, 0.5) is 0 Å². The maximum absolute atomic E-state index is 6.16. The zero-order valence-corrected chi connectivity index (χ0v) is 14.1. The molecule has 2 fully saturated rings. The summed E-state index contributed by atoms with van der Waals surface area (Å²) in [6.45, 7) is 9.36. The van der Waals surface area contributed by atoms with Crippen LogP contribution in [0.2, 0.25) is 0 Å². The molecule has 0 amide bonds. The van der Waals surface area contributed by atoms with E-state index < -0.39 is 0 Å². The molecular formula is C16H31NO2S. The molecule has 1 spiro atoms.